The molecule has 0 aromatic rings. The molecule has 106 valence electrons. The molecule has 0 radical (unpaired) electrons. The van der Waals surface area contributed by atoms with Crippen LogP contribution in [0.2, 0.25) is 0 Å². The van der Waals surface area contributed by atoms with Crippen molar-refractivity contribution in [2.45, 2.75) is 71.4 Å². The summed E-state index contributed by atoms with van der Waals surface area (Å²) in [4.78, 5) is 14.1. The zero-order chi connectivity index (χ0) is 13.5. The molecule has 1 aliphatic carbocycles. The summed E-state index contributed by atoms with van der Waals surface area (Å²) in [7, 11) is 1.98. The Morgan fingerprint density at radius 2 is 1.89 bits per heavy atom. The Kier molecular flexibility index (Phi) is 6.69. The van der Waals surface area contributed by atoms with Crippen molar-refractivity contribution < 1.29 is 4.79 Å². The molecule has 0 bridgehead atoms. The first-order valence-corrected chi connectivity index (χ1v) is 7.53. The minimum Gasteiger partial charge on any atom is -0.343 e. The normalized spacial score (nSPS) is 24.3. The second-order valence-corrected chi connectivity index (χ2v) is 5.95. The van der Waals surface area contributed by atoms with Crippen LogP contribution in [0.3, 0.4) is 0 Å². The van der Waals surface area contributed by atoms with Crippen molar-refractivity contribution in [3.05, 3.63) is 0 Å². The summed E-state index contributed by atoms with van der Waals surface area (Å²) in [5.41, 5.74) is 0. The van der Waals surface area contributed by atoms with Crippen molar-refractivity contribution in [1.29, 1.82) is 0 Å². The van der Waals surface area contributed by atoms with Crippen molar-refractivity contribution in [3.63, 3.8) is 0 Å². The molecule has 0 heterocycles. The van der Waals surface area contributed by atoms with Gasteiger partial charge in [0.05, 0.1) is 0 Å². The lowest BCUT2D eigenvalue weighted by molar-refractivity contribution is -0.132. The van der Waals surface area contributed by atoms with Gasteiger partial charge in [-0.2, -0.15) is 0 Å². The lowest BCUT2D eigenvalue weighted by atomic mass is 9.84. The van der Waals surface area contributed by atoms with E-state index in [4.69, 9.17) is 0 Å². The van der Waals surface area contributed by atoms with E-state index in [-0.39, 0.29) is 0 Å². The zero-order valence-electron chi connectivity index (χ0n) is 12.5. The van der Waals surface area contributed by atoms with Gasteiger partial charge in [-0.1, -0.05) is 27.2 Å². The summed E-state index contributed by atoms with van der Waals surface area (Å²) < 4.78 is 0. The highest BCUT2D eigenvalue weighted by atomic mass is 16.2. The van der Waals surface area contributed by atoms with Crippen molar-refractivity contribution >= 4 is 5.91 Å². The Morgan fingerprint density at radius 1 is 1.28 bits per heavy atom. The van der Waals surface area contributed by atoms with E-state index in [1.54, 1.807) is 0 Å². The van der Waals surface area contributed by atoms with E-state index >= 15 is 0 Å². The quantitative estimate of drug-likeness (QED) is 0.790. The Labute approximate surface area is 112 Å². The second-order valence-electron chi connectivity index (χ2n) is 5.95. The largest absolute Gasteiger partial charge is 0.343 e. The molecule has 1 aliphatic rings. The molecule has 3 nitrogen and oxygen atoms in total. The average molecular weight is 254 g/mol. The number of hydrogen-bond donors (Lipinski definition) is 1. The molecule has 0 aliphatic heterocycles. The van der Waals surface area contributed by atoms with Crippen molar-refractivity contribution in [3.8, 4) is 0 Å². The van der Waals surface area contributed by atoms with Crippen molar-refractivity contribution in [1.82, 2.24) is 10.2 Å². The Balaban J connectivity index is 2.26. The summed E-state index contributed by atoms with van der Waals surface area (Å²) in [5, 5.41) is 3.30. The van der Waals surface area contributed by atoms with Crippen LogP contribution >= 0.6 is 0 Å². The van der Waals surface area contributed by atoms with Crippen LogP contribution in [0.5, 0.6) is 0 Å². The summed E-state index contributed by atoms with van der Waals surface area (Å²) in [6, 6.07) is 0.947. The molecule has 0 aromatic heterocycles. The van der Waals surface area contributed by atoms with Gasteiger partial charge in [0, 0.05) is 32.1 Å². The smallest absolute Gasteiger partial charge is 0.223 e. The fourth-order valence-corrected chi connectivity index (χ4v) is 2.79. The fraction of sp³-hybridized carbons (Fsp3) is 0.933. The third-order valence-electron chi connectivity index (χ3n) is 4.23. The minimum absolute atomic E-state index is 0.295. The lowest BCUT2D eigenvalue weighted by Crippen LogP contribution is -2.40. The van der Waals surface area contributed by atoms with E-state index in [9.17, 15) is 4.79 Å². The fourth-order valence-electron chi connectivity index (χ4n) is 2.79. The van der Waals surface area contributed by atoms with Crippen LogP contribution in [0.25, 0.3) is 0 Å². The first kappa shape index (κ1) is 15.5. The van der Waals surface area contributed by atoms with E-state index in [0.29, 0.717) is 24.4 Å². The number of nitrogens with zero attached hydrogens (tertiary/aromatic N) is 1. The molecule has 1 N–H and O–H groups in total. The van der Waals surface area contributed by atoms with Crippen LogP contribution in [0, 0.1) is 5.92 Å². The van der Waals surface area contributed by atoms with Crippen molar-refractivity contribution in [2.24, 2.45) is 5.92 Å². The van der Waals surface area contributed by atoms with Crippen LogP contribution in [0.4, 0.5) is 0 Å². The van der Waals surface area contributed by atoms with Crippen LogP contribution in [0.1, 0.15) is 59.3 Å². The molecule has 0 saturated heterocycles. The third kappa shape index (κ3) is 4.97. The number of hydrogen-bond acceptors (Lipinski definition) is 2. The van der Waals surface area contributed by atoms with Crippen molar-refractivity contribution in [2.75, 3.05) is 13.6 Å². The first-order valence-electron chi connectivity index (χ1n) is 7.53. The molecule has 1 rings (SSSR count). The molecule has 0 unspecified atom stereocenters. The summed E-state index contributed by atoms with van der Waals surface area (Å²) in [6.07, 6.45) is 6.90. The zero-order valence-corrected chi connectivity index (χ0v) is 12.5. The number of rotatable bonds is 6. The Hall–Kier alpha value is -0.570. The van der Waals surface area contributed by atoms with E-state index in [0.717, 1.165) is 12.5 Å². The average Bonchev–Trinajstić information content (AvgIpc) is 2.37. The summed E-state index contributed by atoms with van der Waals surface area (Å²) >= 11 is 0. The Morgan fingerprint density at radius 3 is 2.39 bits per heavy atom. The molecule has 3 heteroatoms. The monoisotopic (exact) mass is 254 g/mol. The lowest BCUT2D eigenvalue weighted by Gasteiger charge is -2.34. The molecule has 1 fully saturated rings. The highest BCUT2D eigenvalue weighted by Gasteiger charge is 2.25. The van der Waals surface area contributed by atoms with Crippen LogP contribution < -0.4 is 5.32 Å². The maximum absolute atomic E-state index is 12.1. The van der Waals surface area contributed by atoms with Gasteiger partial charge in [0.2, 0.25) is 5.91 Å². The van der Waals surface area contributed by atoms with Crippen LogP contribution in [-0.2, 0) is 4.79 Å². The third-order valence-corrected chi connectivity index (χ3v) is 4.23. The van der Waals surface area contributed by atoms with E-state index in [1.807, 2.05) is 11.9 Å². The van der Waals surface area contributed by atoms with E-state index in [1.165, 1.54) is 32.1 Å². The molecule has 0 atom stereocenters. The molecular weight excluding hydrogens is 224 g/mol. The highest BCUT2D eigenvalue weighted by Crippen LogP contribution is 2.29. The van der Waals surface area contributed by atoms with Gasteiger partial charge in [-0.15, -0.1) is 0 Å². The maximum Gasteiger partial charge on any atom is 0.223 e. The van der Waals surface area contributed by atoms with Gasteiger partial charge < -0.3 is 10.2 Å². The summed E-state index contributed by atoms with van der Waals surface area (Å²) in [5.74, 6) is 1.19. The van der Waals surface area contributed by atoms with Gasteiger partial charge in [0.1, 0.15) is 0 Å². The molecule has 18 heavy (non-hydrogen) atoms. The number of nitrogens with one attached hydrogen (secondary N) is 1. The highest BCUT2D eigenvalue weighted by molar-refractivity contribution is 5.76. The summed E-state index contributed by atoms with van der Waals surface area (Å²) in [6.45, 7) is 7.29. The molecular formula is C15H30N2O. The molecule has 1 amide bonds. The van der Waals surface area contributed by atoms with Gasteiger partial charge in [-0.3, -0.25) is 4.79 Å². The molecule has 0 spiro atoms. The second kappa shape index (κ2) is 7.78. The van der Waals surface area contributed by atoms with Gasteiger partial charge in [-0.25, -0.2) is 0 Å². The van der Waals surface area contributed by atoms with Gasteiger partial charge in [0.15, 0.2) is 0 Å². The number of amides is 1. The number of carbonyl (C=O) groups is 1. The predicted molar refractivity (Wildman–Crippen MR) is 76.6 cm³/mol. The van der Waals surface area contributed by atoms with Crippen LogP contribution in [-0.4, -0.2) is 36.5 Å². The Bertz CT molecular complexity index is 245. The van der Waals surface area contributed by atoms with E-state index < -0.39 is 0 Å². The topological polar surface area (TPSA) is 32.3 Å². The van der Waals surface area contributed by atoms with Gasteiger partial charge >= 0.3 is 0 Å². The molecule has 0 aromatic carbocycles. The first-order chi connectivity index (χ1) is 8.54. The van der Waals surface area contributed by atoms with Gasteiger partial charge in [0.25, 0.3) is 0 Å². The minimum atomic E-state index is 0.295. The van der Waals surface area contributed by atoms with Gasteiger partial charge in [-0.05, 0) is 31.6 Å². The molecule has 1 saturated carbocycles. The SMILES string of the molecule is CCC1CCC(N(C)C(=O)CCNC(C)C)CC1. The predicted octanol–water partition coefficient (Wildman–Crippen LogP) is 2.80. The standard InChI is InChI=1S/C15H30N2O/c1-5-13-6-8-14(9-7-13)17(4)15(18)10-11-16-12(2)3/h12-14,16H,5-11H2,1-4H3. The number of carbonyl (C=O) groups excluding carboxylic acids is 1. The maximum atomic E-state index is 12.1. The van der Waals surface area contributed by atoms with Crippen LogP contribution in [0.15, 0.2) is 0 Å². The van der Waals surface area contributed by atoms with E-state index in [2.05, 4.69) is 26.1 Å².